The molecular formula is C20H17Br3N4O4. The number of fused-ring (bicyclic) bond motifs is 1. The predicted molar refractivity (Wildman–Crippen MR) is 128 cm³/mol. The van der Waals surface area contributed by atoms with Gasteiger partial charge in [-0.05, 0) is 44.0 Å². The number of pyridine rings is 1. The summed E-state index contributed by atoms with van der Waals surface area (Å²) in [6, 6.07) is 7.41. The average molecular weight is 617 g/mol. The predicted octanol–water partition coefficient (Wildman–Crippen LogP) is 4.48. The van der Waals surface area contributed by atoms with Crippen LogP contribution in [0.25, 0.3) is 10.9 Å². The number of benzene rings is 1. The van der Waals surface area contributed by atoms with Crippen LogP contribution >= 0.6 is 47.8 Å². The highest BCUT2D eigenvalue weighted by Crippen LogP contribution is 2.37. The Morgan fingerprint density at radius 3 is 2.84 bits per heavy atom. The van der Waals surface area contributed by atoms with Gasteiger partial charge in [-0.15, -0.1) is 0 Å². The topological polar surface area (TPSA) is 89.2 Å². The van der Waals surface area contributed by atoms with Crippen LogP contribution < -0.4 is 15.1 Å². The lowest BCUT2D eigenvalue weighted by Gasteiger charge is -2.26. The molecule has 0 radical (unpaired) electrons. The fraction of sp³-hybridized carbons (Fsp3) is 0.250. The number of morpholine rings is 1. The van der Waals surface area contributed by atoms with E-state index in [1.54, 1.807) is 12.3 Å². The van der Waals surface area contributed by atoms with Crippen LogP contribution in [0, 0.1) is 0 Å². The number of carbonyl (C=O) groups excluding carboxylic acids is 1. The molecule has 1 N–H and O–H groups in total. The standard InChI is InChI=1S/C20H17Br3N4O4/c21-14-9-15(22)19(18-13(14)2-1-3-24-18)30-11-17(28)26-25-10-12-8-16(23)20(31-12)27-4-6-29-7-5-27/h1-3,8-10H,4-7,11H2,(H,26,28)/b25-10+. The number of nitrogens with one attached hydrogen (secondary N) is 1. The van der Waals surface area contributed by atoms with Crippen LogP contribution in [0.3, 0.4) is 0 Å². The van der Waals surface area contributed by atoms with Crippen LogP contribution in [0.1, 0.15) is 5.76 Å². The lowest BCUT2D eigenvalue weighted by molar-refractivity contribution is -0.123. The van der Waals surface area contributed by atoms with Gasteiger partial charge in [-0.25, -0.2) is 5.43 Å². The minimum Gasteiger partial charge on any atom is -0.480 e. The van der Waals surface area contributed by atoms with E-state index in [1.807, 2.05) is 18.2 Å². The number of hydrazone groups is 1. The molecule has 0 atom stereocenters. The number of carbonyl (C=O) groups is 1. The van der Waals surface area contributed by atoms with Crippen molar-refractivity contribution in [2.75, 3.05) is 37.8 Å². The van der Waals surface area contributed by atoms with E-state index >= 15 is 0 Å². The maximum Gasteiger partial charge on any atom is 0.277 e. The van der Waals surface area contributed by atoms with Gasteiger partial charge in [0.2, 0.25) is 5.88 Å². The van der Waals surface area contributed by atoms with Gasteiger partial charge in [-0.1, -0.05) is 22.0 Å². The molecule has 8 nitrogen and oxygen atoms in total. The van der Waals surface area contributed by atoms with E-state index in [9.17, 15) is 4.79 Å². The molecular weight excluding hydrogens is 600 g/mol. The highest BCUT2D eigenvalue weighted by molar-refractivity contribution is 9.11. The van der Waals surface area contributed by atoms with Crippen molar-refractivity contribution < 1.29 is 18.7 Å². The summed E-state index contributed by atoms with van der Waals surface area (Å²) >= 11 is 10.5. The molecule has 4 rings (SSSR count). The third-order valence-electron chi connectivity index (χ3n) is 4.47. The van der Waals surface area contributed by atoms with Crippen LogP contribution in [0.4, 0.5) is 5.88 Å². The average Bonchev–Trinajstić information content (AvgIpc) is 3.14. The lowest BCUT2D eigenvalue weighted by atomic mass is 10.2. The number of rotatable bonds is 6. The Bertz CT molecular complexity index is 1130. The zero-order valence-corrected chi connectivity index (χ0v) is 20.9. The summed E-state index contributed by atoms with van der Waals surface area (Å²) in [7, 11) is 0. The van der Waals surface area contributed by atoms with Gasteiger partial charge >= 0.3 is 0 Å². The molecule has 31 heavy (non-hydrogen) atoms. The molecule has 0 saturated carbocycles. The quantitative estimate of drug-likeness (QED) is 0.325. The maximum atomic E-state index is 12.2. The fourth-order valence-electron chi connectivity index (χ4n) is 3.04. The first-order valence-corrected chi connectivity index (χ1v) is 11.7. The maximum absolute atomic E-state index is 12.2. The monoisotopic (exact) mass is 614 g/mol. The zero-order chi connectivity index (χ0) is 21.8. The number of furan rings is 1. The second-order valence-electron chi connectivity index (χ2n) is 6.55. The molecule has 1 aliphatic rings. The largest absolute Gasteiger partial charge is 0.480 e. The van der Waals surface area contributed by atoms with Gasteiger partial charge in [-0.3, -0.25) is 9.78 Å². The first-order valence-electron chi connectivity index (χ1n) is 9.32. The van der Waals surface area contributed by atoms with E-state index in [-0.39, 0.29) is 6.61 Å². The molecule has 0 aliphatic carbocycles. The molecule has 2 aromatic heterocycles. The summed E-state index contributed by atoms with van der Waals surface area (Å²) in [4.78, 5) is 18.6. The Morgan fingerprint density at radius 1 is 1.23 bits per heavy atom. The molecule has 3 heterocycles. The van der Waals surface area contributed by atoms with Crippen molar-refractivity contribution in [3.05, 3.63) is 49.6 Å². The number of hydrogen-bond acceptors (Lipinski definition) is 7. The molecule has 0 unspecified atom stereocenters. The molecule has 3 aromatic rings. The fourth-order valence-corrected chi connectivity index (χ4v) is 4.99. The number of aromatic nitrogens is 1. The third kappa shape index (κ3) is 5.28. The first kappa shape index (κ1) is 22.3. The molecule has 1 amide bonds. The number of ether oxygens (including phenoxy) is 2. The van der Waals surface area contributed by atoms with Crippen LogP contribution in [0.5, 0.6) is 5.75 Å². The van der Waals surface area contributed by atoms with Crippen molar-refractivity contribution in [2.45, 2.75) is 0 Å². The van der Waals surface area contributed by atoms with Crippen molar-refractivity contribution in [3.63, 3.8) is 0 Å². The highest BCUT2D eigenvalue weighted by atomic mass is 79.9. The van der Waals surface area contributed by atoms with Gasteiger partial charge in [0.1, 0.15) is 5.52 Å². The van der Waals surface area contributed by atoms with Crippen molar-refractivity contribution >= 4 is 76.7 Å². The van der Waals surface area contributed by atoms with Crippen molar-refractivity contribution in [2.24, 2.45) is 5.10 Å². The summed E-state index contributed by atoms with van der Waals surface area (Å²) in [5, 5.41) is 4.84. The molecule has 162 valence electrons. The van der Waals surface area contributed by atoms with Gasteiger partial charge in [0.05, 0.1) is 28.4 Å². The minimum absolute atomic E-state index is 0.218. The Kier molecular flexibility index (Phi) is 7.26. The lowest BCUT2D eigenvalue weighted by Crippen LogP contribution is -2.36. The summed E-state index contributed by atoms with van der Waals surface area (Å²) in [5.41, 5.74) is 3.09. The molecule has 11 heteroatoms. The second kappa shape index (κ2) is 10.1. The van der Waals surface area contributed by atoms with E-state index in [2.05, 4.69) is 68.2 Å². The van der Waals surface area contributed by atoms with E-state index < -0.39 is 5.91 Å². The Morgan fingerprint density at radius 2 is 2.03 bits per heavy atom. The number of anilines is 1. The second-order valence-corrected chi connectivity index (χ2v) is 9.12. The summed E-state index contributed by atoms with van der Waals surface area (Å²) in [5.74, 6) is 1.32. The van der Waals surface area contributed by atoms with E-state index in [1.165, 1.54) is 6.21 Å². The number of hydrogen-bond donors (Lipinski definition) is 1. The molecule has 1 fully saturated rings. The van der Waals surface area contributed by atoms with E-state index in [4.69, 9.17) is 13.9 Å². The molecule has 0 bridgehead atoms. The van der Waals surface area contributed by atoms with Crippen LogP contribution in [-0.4, -0.2) is 50.0 Å². The Balaban J connectivity index is 1.36. The smallest absolute Gasteiger partial charge is 0.277 e. The van der Waals surface area contributed by atoms with Gasteiger partial charge in [0.15, 0.2) is 18.1 Å². The molecule has 0 spiro atoms. The Labute approximate surface area is 203 Å². The number of halogens is 3. The highest BCUT2D eigenvalue weighted by Gasteiger charge is 2.18. The molecule has 1 saturated heterocycles. The first-order chi connectivity index (χ1) is 15.0. The van der Waals surface area contributed by atoms with E-state index in [0.29, 0.717) is 34.7 Å². The van der Waals surface area contributed by atoms with Crippen LogP contribution in [0.2, 0.25) is 0 Å². The van der Waals surface area contributed by atoms with Crippen LogP contribution in [0.15, 0.2) is 53.4 Å². The minimum atomic E-state index is -0.408. The van der Waals surface area contributed by atoms with Crippen molar-refractivity contribution in [1.29, 1.82) is 0 Å². The molecule has 1 aromatic carbocycles. The summed E-state index contributed by atoms with van der Waals surface area (Å²) in [6.07, 6.45) is 3.12. The van der Waals surface area contributed by atoms with Gasteiger partial charge in [0, 0.05) is 35.2 Å². The zero-order valence-electron chi connectivity index (χ0n) is 16.1. The van der Waals surface area contributed by atoms with E-state index in [0.717, 1.165) is 33.3 Å². The number of nitrogens with zero attached hydrogens (tertiary/aromatic N) is 3. The summed E-state index contributed by atoms with van der Waals surface area (Å²) in [6.45, 7) is 2.61. The normalized spacial score (nSPS) is 14.4. The van der Waals surface area contributed by atoms with Crippen molar-refractivity contribution in [1.82, 2.24) is 10.4 Å². The molecule has 1 aliphatic heterocycles. The summed E-state index contributed by atoms with van der Waals surface area (Å²) < 4.78 is 19.3. The number of amides is 1. The third-order valence-corrected chi connectivity index (χ3v) is 6.28. The van der Waals surface area contributed by atoms with Gasteiger partial charge < -0.3 is 18.8 Å². The van der Waals surface area contributed by atoms with Gasteiger partial charge in [0.25, 0.3) is 5.91 Å². The van der Waals surface area contributed by atoms with Crippen LogP contribution in [-0.2, 0) is 9.53 Å². The SMILES string of the molecule is O=C(COc1c(Br)cc(Br)c2cccnc12)N/N=C/c1cc(Br)c(N2CCOCC2)o1. The Hall–Kier alpha value is -1.95. The van der Waals surface area contributed by atoms with Gasteiger partial charge in [-0.2, -0.15) is 5.10 Å². The van der Waals surface area contributed by atoms with Crippen molar-refractivity contribution in [3.8, 4) is 5.75 Å².